The Bertz CT molecular complexity index is 6020. The highest BCUT2D eigenvalue weighted by Crippen LogP contribution is 2.51. The van der Waals surface area contributed by atoms with E-state index in [2.05, 4.69) is 0 Å². The maximum atomic E-state index is 14.2. The fraction of sp³-hybridized carbons (Fsp3) is 0.200. The maximum absolute atomic E-state index is 14.2. The lowest BCUT2D eigenvalue weighted by atomic mass is 9.94. The first-order valence-electron chi connectivity index (χ1n) is 41.0. The molecule has 14 aromatic carbocycles. The summed E-state index contributed by atoms with van der Waals surface area (Å²) in [5.41, 5.74) is 17.7. The van der Waals surface area contributed by atoms with Gasteiger partial charge in [-0.15, -0.1) is 0 Å². The van der Waals surface area contributed by atoms with E-state index in [0.717, 1.165) is 22.3 Å². The summed E-state index contributed by atoms with van der Waals surface area (Å²) in [6, 6.07) is 47.7. The van der Waals surface area contributed by atoms with E-state index in [1.165, 1.54) is 46.6 Å². The highest BCUT2D eigenvalue weighted by Gasteiger charge is 2.34. The smallest absolute Gasteiger partial charge is 0.207 e. The number of hydrogen-bond donors (Lipinski definition) is 0. The summed E-state index contributed by atoms with van der Waals surface area (Å²) in [5.74, 6) is -3.41. The van der Waals surface area contributed by atoms with Crippen LogP contribution in [-0.2, 0) is 46.2 Å². The monoisotopic (exact) mass is 1790 g/mol. The third-order valence-corrected chi connectivity index (χ3v) is 23.6. The molecule has 0 bridgehead atoms. The molecule has 0 fully saturated rings. The first-order chi connectivity index (χ1) is 62.3. The van der Waals surface area contributed by atoms with Gasteiger partial charge in [0.1, 0.15) is 75.3 Å². The van der Waals surface area contributed by atoms with Crippen LogP contribution in [0.5, 0.6) is 63.2 Å². The molecular formula is C105H84F14O11. The summed E-state index contributed by atoms with van der Waals surface area (Å²) in [4.78, 5) is 0. The Morgan fingerprint density at radius 2 is 0.277 bits per heavy atom. The SMILES string of the molecule is COc1ccc2c(c1F)COc1c-2ccc(C)c1F.COc1ccc2c(c1F)COc1c-2ccc(OC)c1F.COc1ccc2c(c1F)OCc1c-2ccc(C)c1F.Cc1ccc2c(c1F)COc1c-2ccc(C)c1F.Cc1ccc2c(c1F)COc1c-2ccc(C)c1F.Cc1ccc2c(c1F)COc1c-2ccc(C)c1F.Cc1ccc2c(c1F)COc1c-2ccc(C)c1F. The molecule has 0 aliphatic carbocycles. The molecule has 7 aliphatic heterocycles. The fourth-order valence-corrected chi connectivity index (χ4v) is 16.1. The molecule has 0 radical (unpaired) electrons. The molecular weight excluding hydrogens is 1700 g/mol. The van der Waals surface area contributed by atoms with Crippen LogP contribution in [0.25, 0.3) is 77.9 Å². The van der Waals surface area contributed by atoms with E-state index in [0.29, 0.717) is 150 Å². The summed E-state index contributed by atoms with van der Waals surface area (Å²) in [5, 5.41) is 0. The quantitative estimate of drug-likeness (QED) is 0.157. The van der Waals surface area contributed by atoms with Crippen LogP contribution in [-0.4, -0.2) is 28.4 Å². The molecule has 0 saturated heterocycles. The maximum Gasteiger partial charge on any atom is 0.207 e. The van der Waals surface area contributed by atoms with Crippen molar-refractivity contribution < 1.29 is 114 Å². The highest BCUT2D eigenvalue weighted by atomic mass is 19.2. The van der Waals surface area contributed by atoms with Crippen LogP contribution in [0.4, 0.5) is 61.5 Å². The highest BCUT2D eigenvalue weighted by molar-refractivity contribution is 5.83. The van der Waals surface area contributed by atoms with Gasteiger partial charge in [0.25, 0.3) is 0 Å². The summed E-state index contributed by atoms with van der Waals surface area (Å²) < 4.78 is 254. The van der Waals surface area contributed by atoms with Crippen molar-refractivity contribution in [3.8, 4) is 141 Å². The van der Waals surface area contributed by atoms with Gasteiger partial charge in [-0.3, -0.25) is 0 Å². The predicted molar refractivity (Wildman–Crippen MR) is 466 cm³/mol. The van der Waals surface area contributed by atoms with Crippen LogP contribution < -0.4 is 52.1 Å². The number of benzene rings is 14. The number of aryl methyl sites for hydroxylation is 10. The molecule has 25 heteroatoms. The minimum atomic E-state index is -0.577. The van der Waals surface area contributed by atoms with Crippen molar-refractivity contribution in [2.45, 2.75) is 115 Å². The zero-order chi connectivity index (χ0) is 92.9. The van der Waals surface area contributed by atoms with E-state index >= 15 is 0 Å². The zero-order valence-corrected chi connectivity index (χ0v) is 72.9. The molecule has 0 N–H and O–H groups in total. The first-order valence-corrected chi connectivity index (χ1v) is 41.0. The van der Waals surface area contributed by atoms with Gasteiger partial charge in [0, 0.05) is 77.9 Å². The fourth-order valence-electron chi connectivity index (χ4n) is 16.1. The molecule has 130 heavy (non-hydrogen) atoms. The van der Waals surface area contributed by atoms with Crippen molar-refractivity contribution in [1.82, 2.24) is 0 Å². The van der Waals surface area contributed by atoms with Gasteiger partial charge in [0.15, 0.2) is 104 Å². The zero-order valence-electron chi connectivity index (χ0n) is 72.9. The minimum Gasteiger partial charge on any atom is -0.494 e. The standard InChI is InChI=1S/C15H12F2O3.2C15H12F2O2.4C15H12F2O/c1-18-11-5-3-8-9-4-6-12(19-2)14(17)15(9)20-7-10(8)13(11)16;1-8-3-4-10-9-5-6-12(18-2)14(17)11(9)7-19-15(10)13(8)16;1-8-3-4-9-10-5-6-12(18-2)14(17)15(10)19-7-11(9)13(8)16;4*1-8-3-5-10-11-6-4-9(2)14(17)15(11)18-7-12(10)13(8)16/h3-6H,7H2,1-2H3;2*3-6H,7H2,1-2H3;4*3-6H,7H2,1-2H3. The molecule has 11 nitrogen and oxygen atoms in total. The lowest BCUT2D eigenvalue weighted by molar-refractivity contribution is 0.271. The van der Waals surface area contributed by atoms with Gasteiger partial charge >= 0.3 is 0 Å². The normalized spacial score (nSPS) is 12.5. The third-order valence-electron chi connectivity index (χ3n) is 23.6. The molecule has 14 aromatic rings. The van der Waals surface area contributed by atoms with E-state index < -0.39 is 23.3 Å². The second-order valence-corrected chi connectivity index (χ2v) is 31.6. The van der Waals surface area contributed by atoms with Crippen LogP contribution >= 0.6 is 0 Å². The predicted octanol–water partition coefficient (Wildman–Crippen LogP) is 27.8. The average Bonchev–Trinajstić information content (AvgIpc) is 0.587. The molecule has 7 heterocycles. The first kappa shape index (κ1) is 90.7. The third kappa shape index (κ3) is 16.7. The van der Waals surface area contributed by atoms with Crippen LogP contribution in [0.2, 0.25) is 0 Å². The van der Waals surface area contributed by atoms with Crippen LogP contribution in [0.1, 0.15) is 94.6 Å². The van der Waals surface area contributed by atoms with Crippen molar-refractivity contribution in [2.75, 3.05) is 28.4 Å². The molecule has 0 saturated carbocycles. The summed E-state index contributed by atoms with van der Waals surface area (Å²) in [6.45, 7) is 17.2. The van der Waals surface area contributed by atoms with E-state index in [4.69, 9.17) is 52.1 Å². The molecule has 7 aliphatic rings. The second-order valence-electron chi connectivity index (χ2n) is 31.6. The lowest BCUT2D eigenvalue weighted by Gasteiger charge is -2.23. The molecule has 0 spiro atoms. The summed E-state index contributed by atoms with van der Waals surface area (Å²) in [6.07, 6.45) is 0. The van der Waals surface area contributed by atoms with Gasteiger partial charge in [-0.25, -0.2) is 52.7 Å². The molecule has 0 amide bonds. The van der Waals surface area contributed by atoms with Crippen molar-refractivity contribution in [3.05, 3.63) is 346 Å². The average molecular weight is 1790 g/mol. The van der Waals surface area contributed by atoms with Gasteiger partial charge in [-0.1, -0.05) is 121 Å². The van der Waals surface area contributed by atoms with Gasteiger partial charge in [-0.05, 0) is 212 Å². The molecule has 0 unspecified atom stereocenters. The topological polar surface area (TPSA) is 102 Å². The van der Waals surface area contributed by atoms with Gasteiger partial charge in [-0.2, -0.15) is 8.78 Å². The summed E-state index contributed by atoms with van der Waals surface area (Å²) in [7, 11) is 5.58. The van der Waals surface area contributed by atoms with Gasteiger partial charge in [0.05, 0.1) is 28.4 Å². The Kier molecular flexibility index (Phi) is 26.0. The van der Waals surface area contributed by atoms with E-state index in [-0.39, 0.29) is 168 Å². The van der Waals surface area contributed by atoms with E-state index in [1.54, 1.807) is 197 Å². The number of fused-ring (bicyclic) bond motifs is 21. The second kappa shape index (κ2) is 37.3. The van der Waals surface area contributed by atoms with E-state index in [1.807, 2.05) is 24.3 Å². The van der Waals surface area contributed by atoms with Crippen molar-refractivity contribution in [2.24, 2.45) is 0 Å². The van der Waals surface area contributed by atoms with Crippen LogP contribution in [0, 0.1) is 151 Å². The molecule has 668 valence electrons. The minimum absolute atomic E-state index is 0.00569. The number of hydrogen-bond acceptors (Lipinski definition) is 11. The Hall–Kier alpha value is -14.1. The number of ether oxygens (including phenoxy) is 11. The number of rotatable bonds is 4. The van der Waals surface area contributed by atoms with Crippen LogP contribution in [0.15, 0.2) is 170 Å². The Morgan fingerprint density at radius 3 is 0.446 bits per heavy atom. The van der Waals surface area contributed by atoms with Gasteiger partial charge in [0.2, 0.25) is 11.6 Å². The Labute approximate surface area is 740 Å². The molecule has 21 rings (SSSR count). The van der Waals surface area contributed by atoms with Crippen molar-refractivity contribution >= 4 is 0 Å². The molecule has 0 atom stereocenters. The number of halogens is 14. The van der Waals surface area contributed by atoms with Crippen LogP contribution in [0.3, 0.4) is 0 Å². The van der Waals surface area contributed by atoms with E-state index in [9.17, 15) is 61.5 Å². The summed E-state index contributed by atoms with van der Waals surface area (Å²) >= 11 is 0. The van der Waals surface area contributed by atoms with Crippen molar-refractivity contribution in [1.29, 1.82) is 0 Å². The number of methoxy groups -OCH3 is 4. The van der Waals surface area contributed by atoms with Gasteiger partial charge < -0.3 is 52.1 Å². The molecule has 0 aromatic heterocycles. The van der Waals surface area contributed by atoms with Crippen molar-refractivity contribution in [3.63, 3.8) is 0 Å². The lowest BCUT2D eigenvalue weighted by Crippen LogP contribution is -2.10. The Balaban J connectivity index is 0.000000116. The Morgan fingerprint density at radius 1 is 0.154 bits per heavy atom. The largest absolute Gasteiger partial charge is 0.494 e.